The van der Waals surface area contributed by atoms with Gasteiger partial charge in [-0.05, 0) is 37.1 Å². The number of carboxylic acid groups (broad SMARTS) is 1. The second-order valence-electron chi connectivity index (χ2n) is 4.91. The summed E-state index contributed by atoms with van der Waals surface area (Å²) in [4.78, 5) is 13.1. The summed E-state index contributed by atoms with van der Waals surface area (Å²) in [6.45, 7) is 5.40. The van der Waals surface area contributed by atoms with Gasteiger partial charge in [0.15, 0.2) is 0 Å². The molecule has 1 N–H and O–H groups in total. The Balaban J connectivity index is 2.25. The highest BCUT2D eigenvalue weighted by molar-refractivity contribution is 5.70. The largest absolute Gasteiger partial charge is 0.481 e. The molecule has 1 aliphatic heterocycles. The molecular weight excluding hydrogens is 233 g/mol. The molecule has 2 unspecified atom stereocenters. The average Bonchev–Trinajstić information content (AvgIpc) is 2.66. The van der Waals surface area contributed by atoms with Crippen molar-refractivity contribution in [1.29, 1.82) is 0 Å². The summed E-state index contributed by atoms with van der Waals surface area (Å²) in [6, 6.07) is 4.80. The van der Waals surface area contributed by atoms with Crippen molar-refractivity contribution < 1.29 is 14.3 Å². The monoisotopic (exact) mass is 251 g/mol. The number of halogens is 1. The zero-order valence-electron chi connectivity index (χ0n) is 10.7. The molecule has 0 aliphatic carbocycles. The smallest absolute Gasteiger partial charge is 0.306 e. The first-order valence-corrected chi connectivity index (χ1v) is 6.30. The molecule has 4 heteroatoms. The van der Waals surface area contributed by atoms with Crippen LogP contribution in [0.25, 0.3) is 0 Å². The SMILES string of the molecule is CCN1CC(CC(C)C(=O)O)c2cc(F)ccc21. The van der Waals surface area contributed by atoms with E-state index in [1.165, 1.54) is 6.07 Å². The second-order valence-corrected chi connectivity index (χ2v) is 4.91. The maximum Gasteiger partial charge on any atom is 0.306 e. The molecule has 18 heavy (non-hydrogen) atoms. The molecule has 98 valence electrons. The van der Waals surface area contributed by atoms with Gasteiger partial charge in [0.2, 0.25) is 0 Å². The fraction of sp³-hybridized carbons (Fsp3) is 0.500. The third-order valence-electron chi connectivity index (χ3n) is 3.65. The molecule has 0 saturated carbocycles. The average molecular weight is 251 g/mol. The van der Waals surface area contributed by atoms with E-state index in [-0.39, 0.29) is 11.7 Å². The number of fused-ring (bicyclic) bond motifs is 1. The lowest BCUT2D eigenvalue weighted by molar-refractivity contribution is -0.141. The van der Waals surface area contributed by atoms with E-state index >= 15 is 0 Å². The first-order chi connectivity index (χ1) is 8.52. The van der Waals surface area contributed by atoms with Crippen LogP contribution in [0.2, 0.25) is 0 Å². The van der Waals surface area contributed by atoms with Crippen LogP contribution in [-0.4, -0.2) is 24.2 Å². The summed E-state index contributed by atoms with van der Waals surface area (Å²) in [5.74, 6) is -1.33. The van der Waals surface area contributed by atoms with Crippen molar-refractivity contribution in [2.75, 3.05) is 18.0 Å². The molecule has 2 rings (SSSR count). The fourth-order valence-corrected chi connectivity index (χ4v) is 2.63. The van der Waals surface area contributed by atoms with Crippen LogP contribution in [0.5, 0.6) is 0 Å². The lowest BCUT2D eigenvalue weighted by Gasteiger charge is -2.17. The molecule has 0 radical (unpaired) electrons. The highest BCUT2D eigenvalue weighted by Gasteiger charge is 2.30. The minimum Gasteiger partial charge on any atom is -0.481 e. The van der Waals surface area contributed by atoms with Crippen LogP contribution >= 0.6 is 0 Å². The molecule has 1 aliphatic rings. The molecule has 0 aromatic heterocycles. The number of nitrogens with zero attached hydrogens (tertiary/aromatic N) is 1. The molecule has 1 aromatic carbocycles. The van der Waals surface area contributed by atoms with E-state index in [0.29, 0.717) is 6.42 Å². The van der Waals surface area contributed by atoms with Crippen molar-refractivity contribution in [3.8, 4) is 0 Å². The third kappa shape index (κ3) is 2.33. The first kappa shape index (κ1) is 12.9. The maximum atomic E-state index is 13.3. The summed E-state index contributed by atoms with van der Waals surface area (Å²) < 4.78 is 13.3. The Morgan fingerprint density at radius 1 is 1.61 bits per heavy atom. The lowest BCUT2D eigenvalue weighted by atomic mass is 9.91. The van der Waals surface area contributed by atoms with Gasteiger partial charge in [0.05, 0.1) is 5.92 Å². The lowest BCUT2D eigenvalue weighted by Crippen LogP contribution is -2.22. The summed E-state index contributed by atoms with van der Waals surface area (Å²) in [5.41, 5.74) is 1.99. The minimum absolute atomic E-state index is 0.113. The normalized spacial score (nSPS) is 19.7. The third-order valence-corrected chi connectivity index (χ3v) is 3.65. The molecule has 0 saturated heterocycles. The summed E-state index contributed by atoms with van der Waals surface area (Å²) in [6.07, 6.45) is 0.558. The highest BCUT2D eigenvalue weighted by atomic mass is 19.1. The Labute approximate surface area is 106 Å². The Bertz CT molecular complexity index is 461. The van der Waals surface area contributed by atoms with Crippen LogP contribution in [0.1, 0.15) is 31.7 Å². The number of benzene rings is 1. The molecule has 0 bridgehead atoms. The quantitative estimate of drug-likeness (QED) is 0.894. The zero-order valence-corrected chi connectivity index (χ0v) is 10.7. The highest BCUT2D eigenvalue weighted by Crippen LogP contribution is 2.39. The fourth-order valence-electron chi connectivity index (χ4n) is 2.63. The summed E-state index contributed by atoms with van der Waals surface area (Å²) in [5, 5.41) is 8.98. The summed E-state index contributed by atoms with van der Waals surface area (Å²) in [7, 11) is 0. The predicted molar refractivity (Wildman–Crippen MR) is 68.4 cm³/mol. The number of rotatable bonds is 4. The molecule has 3 nitrogen and oxygen atoms in total. The number of carbonyl (C=O) groups is 1. The molecule has 1 heterocycles. The van der Waals surface area contributed by atoms with E-state index in [4.69, 9.17) is 5.11 Å². The molecule has 1 aromatic rings. The number of aliphatic carboxylic acids is 1. The topological polar surface area (TPSA) is 40.5 Å². The number of anilines is 1. The van der Waals surface area contributed by atoms with Gasteiger partial charge >= 0.3 is 5.97 Å². The minimum atomic E-state index is -0.789. The van der Waals surface area contributed by atoms with Gasteiger partial charge in [0.1, 0.15) is 5.82 Å². The Kier molecular flexibility index (Phi) is 3.55. The van der Waals surface area contributed by atoms with E-state index < -0.39 is 11.9 Å². The van der Waals surface area contributed by atoms with Crippen LogP contribution in [-0.2, 0) is 4.79 Å². The van der Waals surface area contributed by atoms with Gasteiger partial charge in [0, 0.05) is 24.7 Å². The van der Waals surface area contributed by atoms with Crippen LogP contribution in [0.3, 0.4) is 0 Å². The van der Waals surface area contributed by atoms with Crippen molar-refractivity contribution in [3.05, 3.63) is 29.6 Å². The standard InChI is InChI=1S/C14H18FNO2/c1-3-16-8-10(6-9(2)14(17)18)12-7-11(15)4-5-13(12)16/h4-5,7,9-10H,3,6,8H2,1-2H3,(H,17,18). The predicted octanol–water partition coefficient (Wildman–Crippen LogP) is 2.86. The summed E-state index contributed by atoms with van der Waals surface area (Å²) >= 11 is 0. The molecule has 0 spiro atoms. The Morgan fingerprint density at radius 3 is 2.94 bits per heavy atom. The first-order valence-electron chi connectivity index (χ1n) is 6.30. The van der Waals surface area contributed by atoms with Gasteiger partial charge in [-0.3, -0.25) is 4.79 Å². The molecule has 0 fully saturated rings. The number of likely N-dealkylation sites (N-methyl/N-ethyl adjacent to an activating group) is 1. The van der Waals surface area contributed by atoms with Gasteiger partial charge < -0.3 is 10.0 Å². The number of carboxylic acids is 1. The van der Waals surface area contributed by atoms with Gasteiger partial charge in [-0.25, -0.2) is 4.39 Å². The van der Waals surface area contributed by atoms with Gasteiger partial charge in [-0.2, -0.15) is 0 Å². The van der Waals surface area contributed by atoms with Gasteiger partial charge in [0.25, 0.3) is 0 Å². The van der Waals surface area contributed by atoms with Gasteiger partial charge in [-0.1, -0.05) is 6.92 Å². The van der Waals surface area contributed by atoms with Crippen molar-refractivity contribution >= 4 is 11.7 Å². The maximum absolute atomic E-state index is 13.3. The van der Waals surface area contributed by atoms with E-state index in [9.17, 15) is 9.18 Å². The van der Waals surface area contributed by atoms with Crippen molar-refractivity contribution in [1.82, 2.24) is 0 Å². The van der Waals surface area contributed by atoms with E-state index in [0.717, 1.165) is 24.3 Å². The molecule has 0 amide bonds. The Morgan fingerprint density at radius 2 is 2.33 bits per heavy atom. The second kappa shape index (κ2) is 4.96. The molecular formula is C14H18FNO2. The van der Waals surface area contributed by atoms with Gasteiger partial charge in [-0.15, -0.1) is 0 Å². The van der Waals surface area contributed by atoms with Crippen LogP contribution in [0.15, 0.2) is 18.2 Å². The van der Waals surface area contributed by atoms with Crippen molar-refractivity contribution in [2.24, 2.45) is 5.92 Å². The Hall–Kier alpha value is -1.58. The van der Waals surface area contributed by atoms with Crippen molar-refractivity contribution in [3.63, 3.8) is 0 Å². The number of hydrogen-bond donors (Lipinski definition) is 1. The van der Waals surface area contributed by atoms with Crippen molar-refractivity contribution in [2.45, 2.75) is 26.2 Å². The zero-order chi connectivity index (χ0) is 13.3. The number of hydrogen-bond acceptors (Lipinski definition) is 2. The van der Waals surface area contributed by atoms with E-state index in [2.05, 4.69) is 11.8 Å². The van der Waals surface area contributed by atoms with E-state index in [1.807, 2.05) is 0 Å². The van der Waals surface area contributed by atoms with Crippen LogP contribution < -0.4 is 4.90 Å². The molecule has 2 atom stereocenters. The van der Waals surface area contributed by atoms with E-state index in [1.54, 1.807) is 19.1 Å². The van der Waals surface area contributed by atoms with Crippen LogP contribution in [0, 0.1) is 11.7 Å². The van der Waals surface area contributed by atoms with Crippen LogP contribution in [0.4, 0.5) is 10.1 Å².